The van der Waals surface area contributed by atoms with E-state index in [-0.39, 0.29) is 25.3 Å². The maximum atomic E-state index is 14.1. The molecule has 3 aliphatic heterocycles. The lowest BCUT2D eigenvalue weighted by molar-refractivity contribution is -0.122. The zero-order chi connectivity index (χ0) is 24.0. The van der Waals surface area contributed by atoms with Gasteiger partial charge in [-0.05, 0) is 36.1 Å². The topological polar surface area (TPSA) is 103 Å². The molecule has 3 aromatic carbocycles. The molecule has 3 amide bonds. The van der Waals surface area contributed by atoms with Crippen molar-refractivity contribution in [1.82, 2.24) is 5.32 Å². The van der Waals surface area contributed by atoms with Crippen molar-refractivity contribution in [2.24, 2.45) is 5.73 Å². The minimum absolute atomic E-state index is 0.0474. The van der Waals surface area contributed by atoms with Gasteiger partial charge >= 0.3 is 6.03 Å². The van der Waals surface area contributed by atoms with E-state index in [4.69, 9.17) is 19.9 Å². The second kappa shape index (κ2) is 8.23. The molecule has 2 unspecified atom stereocenters. The van der Waals surface area contributed by atoms with Crippen LogP contribution in [0.1, 0.15) is 23.1 Å². The zero-order valence-electron chi connectivity index (χ0n) is 19.0. The molecule has 8 nitrogen and oxygen atoms in total. The Bertz CT molecular complexity index is 1310. The summed E-state index contributed by atoms with van der Waals surface area (Å²) < 4.78 is 17.1. The average Bonchev–Trinajstić information content (AvgIpc) is 3.53. The SMILES string of the molecule is NC(=O)NC(CCN1C(=O)C2(COc3cc4c(cc32)OCO4)c2ccccc21)Cc1ccccc1. The minimum atomic E-state index is -0.945. The van der Waals surface area contributed by atoms with E-state index in [2.05, 4.69) is 5.32 Å². The highest BCUT2D eigenvalue weighted by Gasteiger charge is 2.57. The molecule has 8 heteroatoms. The smallest absolute Gasteiger partial charge is 0.312 e. The summed E-state index contributed by atoms with van der Waals surface area (Å²) in [5.74, 6) is 1.83. The van der Waals surface area contributed by atoms with E-state index in [1.807, 2.05) is 60.7 Å². The summed E-state index contributed by atoms with van der Waals surface area (Å²) in [7, 11) is 0. The van der Waals surface area contributed by atoms with Crippen molar-refractivity contribution < 1.29 is 23.8 Å². The first-order valence-electron chi connectivity index (χ1n) is 11.6. The number of hydrogen-bond acceptors (Lipinski definition) is 5. The summed E-state index contributed by atoms with van der Waals surface area (Å²) in [4.78, 5) is 27.6. The van der Waals surface area contributed by atoms with Gasteiger partial charge in [-0.25, -0.2) is 4.79 Å². The van der Waals surface area contributed by atoms with E-state index >= 15 is 0 Å². The predicted molar refractivity (Wildman–Crippen MR) is 129 cm³/mol. The van der Waals surface area contributed by atoms with Gasteiger partial charge in [0.2, 0.25) is 12.7 Å². The van der Waals surface area contributed by atoms with Gasteiger partial charge in [0.1, 0.15) is 17.8 Å². The number of carbonyl (C=O) groups is 2. The van der Waals surface area contributed by atoms with Gasteiger partial charge in [0.15, 0.2) is 11.5 Å². The molecule has 3 aromatic rings. The molecule has 0 saturated heterocycles. The number of carbonyl (C=O) groups excluding carboxylic acids is 2. The van der Waals surface area contributed by atoms with Crippen LogP contribution < -0.4 is 30.2 Å². The second-order valence-electron chi connectivity index (χ2n) is 9.05. The normalized spacial score (nSPS) is 19.9. The summed E-state index contributed by atoms with van der Waals surface area (Å²) in [6.07, 6.45) is 1.16. The maximum absolute atomic E-state index is 14.1. The molecule has 0 aromatic heterocycles. The number of benzene rings is 3. The van der Waals surface area contributed by atoms with Crippen LogP contribution in [0.5, 0.6) is 17.2 Å². The first-order valence-corrected chi connectivity index (χ1v) is 11.6. The Morgan fingerprint density at radius 2 is 1.71 bits per heavy atom. The van der Waals surface area contributed by atoms with Crippen LogP contribution in [-0.2, 0) is 16.6 Å². The van der Waals surface area contributed by atoms with Crippen LogP contribution in [0.2, 0.25) is 0 Å². The number of nitrogens with two attached hydrogens (primary N) is 1. The van der Waals surface area contributed by atoms with Gasteiger partial charge in [-0.1, -0.05) is 48.5 Å². The van der Waals surface area contributed by atoms with E-state index in [1.165, 1.54) is 0 Å². The van der Waals surface area contributed by atoms with E-state index in [9.17, 15) is 9.59 Å². The van der Waals surface area contributed by atoms with Gasteiger partial charge in [-0.3, -0.25) is 4.79 Å². The van der Waals surface area contributed by atoms with Crippen molar-refractivity contribution in [3.63, 3.8) is 0 Å². The summed E-state index contributed by atoms with van der Waals surface area (Å²) >= 11 is 0. The zero-order valence-corrected chi connectivity index (χ0v) is 19.0. The molecule has 35 heavy (non-hydrogen) atoms. The Morgan fingerprint density at radius 3 is 2.51 bits per heavy atom. The van der Waals surface area contributed by atoms with Gasteiger partial charge < -0.3 is 30.2 Å². The largest absolute Gasteiger partial charge is 0.491 e. The van der Waals surface area contributed by atoms with Crippen LogP contribution in [-0.4, -0.2) is 37.9 Å². The minimum Gasteiger partial charge on any atom is -0.491 e. The number of rotatable bonds is 6. The molecule has 3 N–H and O–H groups in total. The number of urea groups is 1. The van der Waals surface area contributed by atoms with Crippen LogP contribution in [0.3, 0.4) is 0 Å². The lowest BCUT2D eigenvalue weighted by Gasteiger charge is -2.25. The molecule has 1 spiro atoms. The quantitative estimate of drug-likeness (QED) is 0.575. The molecule has 2 atom stereocenters. The second-order valence-corrected chi connectivity index (χ2v) is 9.05. The first kappa shape index (κ1) is 21.3. The van der Waals surface area contributed by atoms with E-state index in [0.29, 0.717) is 36.6 Å². The summed E-state index contributed by atoms with van der Waals surface area (Å²) in [5.41, 5.74) is 8.15. The molecule has 6 rings (SSSR count). The molecule has 0 saturated carbocycles. The highest BCUT2D eigenvalue weighted by molar-refractivity contribution is 6.11. The van der Waals surface area contributed by atoms with Gasteiger partial charge in [0, 0.05) is 29.9 Å². The number of hydrogen-bond donors (Lipinski definition) is 2. The van der Waals surface area contributed by atoms with Gasteiger partial charge in [0.25, 0.3) is 0 Å². The third kappa shape index (κ3) is 3.44. The van der Waals surface area contributed by atoms with Crippen molar-refractivity contribution in [2.75, 3.05) is 24.8 Å². The average molecular weight is 472 g/mol. The number of anilines is 1. The number of amides is 3. The molecule has 0 aliphatic carbocycles. The molecular formula is C27H25N3O5. The Hall–Kier alpha value is -4.20. The number of primary amides is 1. The molecule has 178 valence electrons. The van der Waals surface area contributed by atoms with Crippen molar-refractivity contribution in [1.29, 1.82) is 0 Å². The van der Waals surface area contributed by atoms with Crippen molar-refractivity contribution >= 4 is 17.6 Å². The third-order valence-corrected chi connectivity index (χ3v) is 7.02. The number of nitrogens with one attached hydrogen (secondary N) is 1. The summed E-state index contributed by atoms with van der Waals surface area (Å²) in [6.45, 7) is 0.789. The molecule has 3 heterocycles. The number of ether oxygens (including phenoxy) is 3. The standard InChI is InChI=1S/C27H25N3O5/c28-26(32)29-18(12-17-6-2-1-3-7-17)10-11-30-21-9-5-4-8-19(21)27(25(30)31)15-33-22-14-24-23(13-20(22)27)34-16-35-24/h1-9,13-14,18H,10-12,15-16H2,(H3,28,29,32). The molecule has 0 radical (unpaired) electrons. The number of para-hydroxylation sites is 1. The highest BCUT2D eigenvalue weighted by atomic mass is 16.7. The van der Waals surface area contributed by atoms with E-state index < -0.39 is 11.4 Å². The fourth-order valence-electron chi connectivity index (χ4n) is 5.40. The Kier molecular flexibility index (Phi) is 5.02. The van der Waals surface area contributed by atoms with Crippen molar-refractivity contribution in [3.05, 3.63) is 83.4 Å². The third-order valence-electron chi connectivity index (χ3n) is 7.02. The Balaban J connectivity index is 1.31. The van der Waals surface area contributed by atoms with Crippen molar-refractivity contribution in [3.8, 4) is 17.2 Å². The summed E-state index contributed by atoms with van der Waals surface area (Å²) in [5, 5.41) is 2.84. The fraction of sp³-hybridized carbons (Fsp3) is 0.259. The van der Waals surface area contributed by atoms with Crippen LogP contribution in [0.15, 0.2) is 66.7 Å². The molecular weight excluding hydrogens is 446 g/mol. The Morgan fingerprint density at radius 1 is 0.971 bits per heavy atom. The van der Waals surface area contributed by atoms with Crippen LogP contribution >= 0.6 is 0 Å². The van der Waals surface area contributed by atoms with E-state index in [0.717, 1.165) is 22.4 Å². The monoisotopic (exact) mass is 471 g/mol. The molecule has 0 fully saturated rings. The summed E-state index contributed by atoms with van der Waals surface area (Å²) in [6, 6.07) is 20.6. The number of nitrogens with zero attached hydrogens (tertiary/aromatic N) is 1. The van der Waals surface area contributed by atoms with Crippen LogP contribution in [0, 0.1) is 0 Å². The van der Waals surface area contributed by atoms with Crippen LogP contribution in [0.4, 0.5) is 10.5 Å². The van der Waals surface area contributed by atoms with Gasteiger partial charge in [-0.2, -0.15) is 0 Å². The van der Waals surface area contributed by atoms with E-state index in [1.54, 1.807) is 11.0 Å². The fourth-order valence-corrected chi connectivity index (χ4v) is 5.40. The molecule has 3 aliphatic rings. The highest BCUT2D eigenvalue weighted by Crippen LogP contribution is 2.55. The predicted octanol–water partition coefficient (Wildman–Crippen LogP) is 3.11. The first-order chi connectivity index (χ1) is 17.1. The lowest BCUT2D eigenvalue weighted by atomic mass is 9.77. The maximum Gasteiger partial charge on any atom is 0.312 e. The van der Waals surface area contributed by atoms with Crippen LogP contribution in [0.25, 0.3) is 0 Å². The van der Waals surface area contributed by atoms with Gasteiger partial charge in [-0.15, -0.1) is 0 Å². The lowest BCUT2D eigenvalue weighted by Crippen LogP contribution is -2.45. The number of fused-ring (bicyclic) bond motifs is 5. The van der Waals surface area contributed by atoms with Crippen molar-refractivity contribution in [2.45, 2.75) is 24.3 Å². The Labute approximate surface area is 202 Å². The van der Waals surface area contributed by atoms with Gasteiger partial charge in [0.05, 0.1) is 0 Å². The molecule has 0 bridgehead atoms.